The van der Waals surface area contributed by atoms with Gasteiger partial charge in [0.1, 0.15) is 17.0 Å². The number of furan rings is 1. The van der Waals surface area contributed by atoms with Crippen molar-refractivity contribution < 1.29 is 8.81 Å². The largest absolute Gasteiger partial charge is 0.435 e. The molecule has 0 atom stereocenters. The summed E-state index contributed by atoms with van der Waals surface area (Å²) in [5.41, 5.74) is 12.9. The van der Waals surface area contributed by atoms with Crippen LogP contribution in [-0.4, -0.2) is 9.97 Å². The predicted octanol–water partition coefficient (Wildman–Crippen LogP) is 2.85. The first-order chi connectivity index (χ1) is 9.06. The molecule has 5 nitrogen and oxygen atoms in total. The highest BCUT2D eigenvalue weighted by atomic mass is 35.5. The fourth-order valence-electron chi connectivity index (χ4n) is 1.70. The molecule has 0 aliphatic carbocycles. The Morgan fingerprint density at radius 3 is 2.79 bits per heavy atom. The van der Waals surface area contributed by atoms with E-state index >= 15 is 0 Å². The van der Waals surface area contributed by atoms with Gasteiger partial charge in [-0.1, -0.05) is 11.6 Å². The van der Waals surface area contributed by atoms with Gasteiger partial charge in [0.05, 0.1) is 11.2 Å². The Hall–Kier alpha value is -2.34. The lowest BCUT2D eigenvalue weighted by atomic mass is 10.2. The van der Waals surface area contributed by atoms with Crippen LogP contribution in [0.4, 0.5) is 16.0 Å². The Bertz CT molecular complexity index is 787. The van der Waals surface area contributed by atoms with Crippen molar-refractivity contribution in [3.8, 4) is 11.4 Å². The summed E-state index contributed by atoms with van der Waals surface area (Å²) in [6, 6.07) is 4.22. The van der Waals surface area contributed by atoms with E-state index in [0.717, 1.165) is 0 Å². The van der Waals surface area contributed by atoms with Crippen molar-refractivity contribution in [1.82, 2.24) is 9.97 Å². The second-order valence-corrected chi connectivity index (χ2v) is 4.32. The smallest absolute Gasteiger partial charge is 0.216 e. The van der Waals surface area contributed by atoms with E-state index in [-0.39, 0.29) is 16.6 Å². The molecule has 4 N–H and O–H groups in total. The summed E-state index contributed by atoms with van der Waals surface area (Å²) in [5, 5.41) is 0.000811. The minimum Gasteiger partial charge on any atom is -0.435 e. The van der Waals surface area contributed by atoms with Gasteiger partial charge >= 0.3 is 0 Å². The molecular formula is C12H8ClFN4O. The Balaban J connectivity index is 2.19. The van der Waals surface area contributed by atoms with E-state index < -0.39 is 5.82 Å². The molecule has 2 aromatic heterocycles. The van der Waals surface area contributed by atoms with Crippen LogP contribution in [-0.2, 0) is 0 Å². The number of nitrogens with zero attached hydrogens (tertiary/aromatic N) is 2. The number of hydrogen-bond donors (Lipinski definition) is 2. The second-order valence-electron chi connectivity index (χ2n) is 3.92. The van der Waals surface area contributed by atoms with Gasteiger partial charge < -0.3 is 15.9 Å². The van der Waals surface area contributed by atoms with Crippen molar-refractivity contribution in [2.24, 2.45) is 0 Å². The molecule has 19 heavy (non-hydrogen) atoms. The normalized spacial score (nSPS) is 11.1. The molecule has 0 aliphatic rings. The molecular weight excluding hydrogens is 271 g/mol. The molecule has 96 valence electrons. The number of rotatable bonds is 1. The third kappa shape index (κ3) is 1.86. The van der Waals surface area contributed by atoms with Gasteiger partial charge in [-0.05, 0) is 18.2 Å². The Morgan fingerprint density at radius 1 is 1.26 bits per heavy atom. The van der Waals surface area contributed by atoms with Gasteiger partial charge in [0.2, 0.25) is 5.88 Å². The molecule has 0 unspecified atom stereocenters. The molecule has 2 heterocycles. The summed E-state index contributed by atoms with van der Waals surface area (Å²) in [6.45, 7) is 0. The molecule has 0 saturated heterocycles. The summed E-state index contributed by atoms with van der Waals surface area (Å²) in [7, 11) is 0. The zero-order chi connectivity index (χ0) is 13.6. The third-order valence-electron chi connectivity index (χ3n) is 2.67. The fraction of sp³-hybridized carbons (Fsp3) is 0. The van der Waals surface area contributed by atoms with Crippen LogP contribution in [0, 0.1) is 5.82 Å². The van der Waals surface area contributed by atoms with Gasteiger partial charge in [-0.25, -0.2) is 14.4 Å². The van der Waals surface area contributed by atoms with E-state index in [1.54, 1.807) is 0 Å². The number of benzene rings is 1. The van der Waals surface area contributed by atoms with Crippen molar-refractivity contribution in [3.05, 3.63) is 35.2 Å². The van der Waals surface area contributed by atoms with E-state index in [4.69, 9.17) is 27.5 Å². The van der Waals surface area contributed by atoms with Crippen molar-refractivity contribution in [3.63, 3.8) is 0 Å². The maximum absolute atomic E-state index is 13.1. The lowest BCUT2D eigenvalue weighted by molar-refractivity contribution is 0.628. The Morgan fingerprint density at radius 2 is 2.05 bits per heavy atom. The van der Waals surface area contributed by atoms with E-state index in [1.165, 1.54) is 24.4 Å². The van der Waals surface area contributed by atoms with Crippen molar-refractivity contribution in [2.75, 3.05) is 11.5 Å². The molecule has 3 aromatic rings. The molecule has 0 spiro atoms. The number of anilines is 2. The van der Waals surface area contributed by atoms with E-state index in [1.807, 2.05) is 0 Å². The Labute approximate surface area is 112 Å². The van der Waals surface area contributed by atoms with Gasteiger partial charge in [-0.3, -0.25) is 0 Å². The van der Waals surface area contributed by atoms with E-state index in [9.17, 15) is 4.39 Å². The maximum atomic E-state index is 13.1. The summed E-state index contributed by atoms with van der Waals surface area (Å²) < 4.78 is 18.3. The highest BCUT2D eigenvalue weighted by Gasteiger charge is 2.13. The zero-order valence-corrected chi connectivity index (χ0v) is 10.3. The summed E-state index contributed by atoms with van der Waals surface area (Å²) in [6.07, 6.45) is 1.46. The predicted molar refractivity (Wildman–Crippen MR) is 71.0 cm³/mol. The molecule has 0 fully saturated rings. The van der Waals surface area contributed by atoms with Crippen LogP contribution < -0.4 is 11.5 Å². The average Bonchev–Trinajstić information content (AvgIpc) is 2.68. The number of aromatic nitrogens is 2. The molecule has 0 bridgehead atoms. The van der Waals surface area contributed by atoms with E-state index in [0.29, 0.717) is 22.5 Å². The number of nitrogen functional groups attached to an aromatic ring is 2. The molecule has 0 amide bonds. The first kappa shape index (κ1) is 11.7. The molecule has 0 saturated carbocycles. The van der Waals surface area contributed by atoms with Crippen LogP contribution in [0.15, 0.2) is 28.8 Å². The summed E-state index contributed by atoms with van der Waals surface area (Å²) in [4.78, 5) is 8.35. The maximum Gasteiger partial charge on any atom is 0.216 e. The SMILES string of the molecule is Nc1oc2cnc(-c3ccc(F)c(Cl)c3)nc2c1N. The topological polar surface area (TPSA) is 91.0 Å². The first-order valence-electron chi connectivity index (χ1n) is 5.32. The van der Waals surface area contributed by atoms with Crippen molar-refractivity contribution in [2.45, 2.75) is 0 Å². The van der Waals surface area contributed by atoms with Crippen LogP contribution in [0.2, 0.25) is 5.02 Å². The highest BCUT2D eigenvalue weighted by molar-refractivity contribution is 6.31. The summed E-state index contributed by atoms with van der Waals surface area (Å²) >= 11 is 5.72. The first-order valence-corrected chi connectivity index (χ1v) is 5.70. The van der Waals surface area contributed by atoms with Crippen molar-refractivity contribution in [1.29, 1.82) is 0 Å². The molecule has 1 aromatic carbocycles. The van der Waals surface area contributed by atoms with Gasteiger partial charge in [0.15, 0.2) is 11.4 Å². The fourth-order valence-corrected chi connectivity index (χ4v) is 1.88. The average molecular weight is 279 g/mol. The van der Waals surface area contributed by atoms with Crippen LogP contribution in [0.25, 0.3) is 22.5 Å². The monoisotopic (exact) mass is 278 g/mol. The van der Waals surface area contributed by atoms with Crippen molar-refractivity contribution >= 4 is 34.3 Å². The second kappa shape index (κ2) is 4.10. The number of hydrogen-bond acceptors (Lipinski definition) is 5. The van der Waals surface area contributed by atoms with Gasteiger partial charge in [-0.2, -0.15) is 0 Å². The number of nitrogens with two attached hydrogens (primary N) is 2. The number of halogens is 2. The van der Waals surface area contributed by atoms with Crippen LogP contribution in [0.1, 0.15) is 0 Å². The quantitative estimate of drug-likeness (QED) is 0.714. The molecule has 0 radical (unpaired) electrons. The molecule has 0 aliphatic heterocycles. The lowest BCUT2D eigenvalue weighted by Gasteiger charge is -2.01. The lowest BCUT2D eigenvalue weighted by Crippen LogP contribution is -1.93. The molecule has 7 heteroatoms. The summed E-state index contributed by atoms with van der Waals surface area (Å²) in [5.74, 6) is -0.0425. The number of fused-ring (bicyclic) bond motifs is 1. The van der Waals surface area contributed by atoms with Crippen LogP contribution in [0.3, 0.4) is 0 Å². The van der Waals surface area contributed by atoms with Gasteiger partial charge in [-0.15, -0.1) is 0 Å². The standard InChI is InChI=1S/C12H8ClFN4O/c13-6-3-5(1-2-7(6)14)12-17-4-8-10(18-12)9(15)11(16)19-8/h1-4H,15-16H2. The Kier molecular flexibility index (Phi) is 2.53. The third-order valence-corrected chi connectivity index (χ3v) is 2.96. The zero-order valence-electron chi connectivity index (χ0n) is 9.52. The van der Waals surface area contributed by atoms with Gasteiger partial charge in [0, 0.05) is 5.56 Å². The molecule has 3 rings (SSSR count). The van der Waals surface area contributed by atoms with Gasteiger partial charge in [0.25, 0.3) is 0 Å². The van der Waals surface area contributed by atoms with E-state index in [2.05, 4.69) is 9.97 Å². The van der Waals surface area contributed by atoms with Crippen LogP contribution >= 0.6 is 11.6 Å². The minimum atomic E-state index is -0.501. The highest BCUT2D eigenvalue weighted by Crippen LogP contribution is 2.30. The minimum absolute atomic E-state index is 0.000811. The van der Waals surface area contributed by atoms with Crippen LogP contribution in [0.5, 0.6) is 0 Å².